The van der Waals surface area contributed by atoms with Gasteiger partial charge in [0.15, 0.2) is 0 Å². The van der Waals surface area contributed by atoms with Crippen molar-refractivity contribution in [2.24, 2.45) is 0 Å². The highest BCUT2D eigenvalue weighted by Gasteiger charge is 2.24. The highest BCUT2D eigenvalue weighted by atomic mass is 79.9. The third kappa shape index (κ3) is 1.69. The average Bonchev–Trinajstić information content (AvgIpc) is 2.61. The van der Waals surface area contributed by atoms with Crippen molar-refractivity contribution in [3.8, 4) is 0 Å². The van der Waals surface area contributed by atoms with Crippen LogP contribution in [-0.4, -0.2) is 18.7 Å². The molecule has 78 valence electrons. The minimum atomic E-state index is 0.0355. The molecule has 4 heteroatoms. The van der Waals surface area contributed by atoms with Gasteiger partial charge in [-0.3, -0.25) is 9.59 Å². The maximum Gasteiger partial charge on any atom is 0.223 e. The van der Waals surface area contributed by atoms with Crippen LogP contribution in [0.1, 0.15) is 22.8 Å². The Kier molecular flexibility index (Phi) is 2.61. The minimum absolute atomic E-state index is 0.0355. The first-order chi connectivity index (χ1) is 7.13. The third-order valence-corrected chi connectivity index (χ3v) is 3.16. The molecule has 1 amide bonds. The molecule has 0 radical (unpaired) electrons. The van der Waals surface area contributed by atoms with Crippen molar-refractivity contribution in [3.05, 3.63) is 27.7 Å². The number of fused-ring (bicyclic) bond motifs is 1. The molecule has 1 aliphatic heterocycles. The Hall–Kier alpha value is -1.16. The van der Waals surface area contributed by atoms with E-state index >= 15 is 0 Å². The molecule has 2 rings (SSSR count). The molecule has 0 fully saturated rings. The summed E-state index contributed by atoms with van der Waals surface area (Å²) in [7, 11) is 0. The quantitative estimate of drug-likeness (QED) is 0.732. The van der Waals surface area contributed by atoms with Gasteiger partial charge >= 0.3 is 0 Å². The first-order valence-electron chi connectivity index (χ1n) is 4.69. The number of halogens is 1. The monoisotopic (exact) mass is 267 g/mol. The first kappa shape index (κ1) is 10.4. The number of nitrogens with zero attached hydrogens (tertiary/aromatic N) is 1. The zero-order valence-corrected chi connectivity index (χ0v) is 9.87. The predicted molar refractivity (Wildman–Crippen MR) is 61.3 cm³/mol. The molecule has 0 aromatic heterocycles. The highest BCUT2D eigenvalue weighted by Crippen LogP contribution is 2.36. The van der Waals surface area contributed by atoms with Crippen LogP contribution in [0.4, 0.5) is 5.69 Å². The molecule has 0 spiro atoms. The van der Waals surface area contributed by atoms with E-state index in [1.54, 1.807) is 17.9 Å². The Balaban J connectivity index is 2.54. The van der Waals surface area contributed by atoms with Crippen molar-refractivity contribution in [2.75, 3.05) is 11.4 Å². The van der Waals surface area contributed by atoms with Crippen molar-refractivity contribution < 1.29 is 9.59 Å². The number of hydrogen-bond acceptors (Lipinski definition) is 2. The molecule has 0 unspecified atom stereocenters. The van der Waals surface area contributed by atoms with Gasteiger partial charge in [-0.1, -0.05) is 0 Å². The second kappa shape index (κ2) is 3.77. The zero-order chi connectivity index (χ0) is 11.0. The summed E-state index contributed by atoms with van der Waals surface area (Å²) in [6, 6.07) is 3.59. The van der Waals surface area contributed by atoms with E-state index in [1.165, 1.54) is 0 Å². The van der Waals surface area contributed by atoms with Gasteiger partial charge in [-0.25, -0.2) is 0 Å². The van der Waals surface area contributed by atoms with Crippen LogP contribution in [-0.2, 0) is 11.2 Å². The molecule has 1 aromatic carbocycles. The van der Waals surface area contributed by atoms with Crippen LogP contribution < -0.4 is 4.90 Å². The van der Waals surface area contributed by atoms with Gasteiger partial charge in [-0.2, -0.15) is 0 Å². The lowest BCUT2D eigenvalue weighted by Crippen LogP contribution is -2.26. The fourth-order valence-electron chi connectivity index (χ4n) is 1.90. The fourth-order valence-corrected chi connectivity index (χ4v) is 2.63. The lowest BCUT2D eigenvalue weighted by atomic mass is 10.1. The number of hydrogen-bond donors (Lipinski definition) is 0. The van der Waals surface area contributed by atoms with Crippen LogP contribution in [0, 0.1) is 0 Å². The maximum absolute atomic E-state index is 11.4. The van der Waals surface area contributed by atoms with Gasteiger partial charge in [0.2, 0.25) is 5.91 Å². The molecule has 0 aliphatic carbocycles. The summed E-state index contributed by atoms with van der Waals surface area (Å²) in [5, 5.41) is 0. The zero-order valence-electron chi connectivity index (χ0n) is 8.29. The van der Waals surface area contributed by atoms with E-state index in [4.69, 9.17) is 0 Å². The molecule has 0 saturated heterocycles. The molecular weight excluding hydrogens is 258 g/mol. The molecule has 1 aliphatic rings. The van der Waals surface area contributed by atoms with Crippen LogP contribution >= 0.6 is 15.9 Å². The summed E-state index contributed by atoms with van der Waals surface area (Å²) in [6.45, 7) is 2.25. The molecule has 15 heavy (non-hydrogen) atoms. The molecule has 0 bridgehead atoms. The fraction of sp³-hybridized carbons (Fsp3) is 0.273. The number of aldehydes is 1. The highest BCUT2D eigenvalue weighted by molar-refractivity contribution is 9.10. The summed E-state index contributed by atoms with van der Waals surface area (Å²) in [5.74, 6) is 0.0355. The predicted octanol–water partition coefficient (Wildman–Crippen LogP) is 2.17. The van der Waals surface area contributed by atoms with Crippen LogP contribution in [0.5, 0.6) is 0 Å². The topological polar surface area (TPSA) is 37.4 Å². The number of rotatable bonds is 1. The number of carbonyl (C=O) groups excluding carboxylic acids is 2. The van der Waals surface area contributed by atoms with E-state index < -0.39 is 0 Å². The molecular formula is C11H10BrNO2. The Bertz CT molecular complexity index is 442. The van der Waals surface area contributed by atoms with Crippen LogP contribution in [0.2, 0.25) is 0 Å². The van der Waals surface area contributed by atoms with Gasteiger partial charge in [0.05, 0.1) is 5.69 Å². The summed E-state index contributed by atoms with van der Waals surface area (Å²) in [4.78, 5) is 23.8. The smallest absolute Gasteiger partial charge is 0.223 e. The number of amides is 1. The van der Waals surface area contributed by atoms with Gasteiger partial charge in [0.1, 0.15) is 6.29 Å². The van der Waals surface area contributed by atoms with E-state index in [1.807, 2.05) is 6.07 Å². The van der Waals surface area contributed by atoms with Crippen molar-refractivity contribution in [2.45, 2.75) is 13.3 Å². The largest absolute Gasteiger partial charge is 0.311 e. The van der Waals surface area contributed by atoms with Gasteiger partial charge < -0.3 is 4.90 Å². The van der Waals surface area contributed by atoms with E-state index in [0.717, 1.165) is 28.4 Å². The summed E-state index contributed by atoms with van der Waals surface area (Å²) in [6.07, 6.45) is 1.64. The van der Waals surface area contributed by atoms with Crippen LogP contribution in [0.15, 0.2) is 16.6 Å². The second-order valence-electron chi connectivity index (χ2n) is 3.55. The van der Waals surface area contributed by atoms with E-state index in [0.29, 0.717) is 12.1 Å². The standard InChI is InChI=1S/C11H10BrNO2/c1-7(15)13-3-2-9-4-8(6-14)5-10(12)11(9)13/h4-6H,2-3H2,1H3. The summed E-state index contributed by atoms with van der Waals surface area (Å²) >= 11 is 3.39. The van der Waals surface area contributed by atoms with Crippen molar-refractivity contribution in [1.29, 1.82) is 0 Å². The van der Waals surface area contributed by atoms with E-state index in [9.17, 15) is 9.59 Å². The van der Waals surface area contributed by atoms with Gasteiger partial charge in [0, 0.05) is 23.5 Å². The van der Waals surface area contributed by atoms with Gasteiger partial charge in [0.25, 0.3) is 0 Å². The lowest BCUT2D eigenvalue weighted by molar-refractivity contribution is -0.116. The second-order valence-corrected chi connectivity index (χ2v) is 4.40. The van der Waals surface area contributed by atoms with E-state index in [2.05, 4.69) is 15.9 Å². The average molecular weight is 268 g/mol. The number of carbonyl (C=O) groups is 2. The maximum atomic E-state index is 11.4. The Morgan fingerprint density at radius 3 is 2.87 bits per heavy atom. The van der Waals surface area contributed by atoms with Crippen LogP contribution in [0.25, 0.3) is 0 Å². The van der Waals surface area contributed by atoms with Gasteiger partial charge in [-0.15, -0.1) is 0 Å². The molecule has 1 aromatic rings. The number of benzene rings is 1. The molecule has 0 N–H and O–H groups in total. The van der Waals surface area contributed by atoms with E-state index in [-0.39, 0.29) is 5.91 Å². The van der Waals surface area contributed by atoms with Crippen LogP contribution in [0.3, 0.4) is 0 Å². The summed E-state index contributed by atoms with van der Waals surface area (Å²) < 4.78 is 0.815. The van der Waals surface area contributed by atoms with Crippen molar-refractivity contribution in [3.63, 3.8) is 0 Å². The molecule has 1 heterocycles. The SMILES string of the molecule is CC(=O)N1CCc2cc(C=O)cc(Br)c21. The van der Waals surface area contributed by atoms with Crippen molar-refractivity contribution >= 4 is 33.8 Å². The molecule has 0 saturated carbocycles. The molecule has 3 nitrogen and oxygen atoms in total. The Morgan fingerprint density at radius 1 is 1.53 bits per heavy atom. The number of anilines is 1. The first-order valence-corrected chi connectivity index (χ1v) is 5.48. The molecule has 0 atom stereocenters. The Labute approximate surface area is 96.2 Å². The minimum Gasteiger partial charge on any atom is -0.311 e. The summed E-state index contributed by atoms with van der Waals surface area (Å²) in [5.41, 5.74) is 2.61. The Morgan fingerprint density at radius 2 is 2.27 bits per heavy atom. The van der Waals surface area contributed by atoms with Gasteiger partial charge in [-0.05, 0) is 40.0 Å². The van der Waals surface area contributed by atoms with Crippen molar-refractivity contribution in [1.82, 2.24) is 0 Å². The lowest BCUT2D eigenvalue weighted by Gasteiger charge is -2.16. The third-order valence-electron chi connectivity index (χ3n) is 2.56. The normalized spacial score (nSPS) is 13.9.